The summed E-state index contributed by atoms with van der Waals surface area (Å²) in [7, 11) is 0. The summed E-state index contributed by atoms with van der Waals surface area (Å²) in [6.07, 6.45) is 3.35. The first-order valence-electron chi connectivity index (χ1n) is 7.44. The quantitative estimate of drug-likeness (QED) is 0.682. The topological polar surface area (TPSA) is 50.4 Å². The average Bonchev–Trinajstić information content (AvgIpc) is 2.44. The molecule has 0 fully saturated rings. The van der Waals surface area contributed by atoms with Crippen LogP contribution in [0.4, 0.5) is 5.69 Å². The summed E-state index contributed by atoms with van der Waals surface area (Å²) in [4.78, 5) is 11.9. The Morgan fingerprint density at radius 2 is 2.10 bits per heavy atom. The summed E-state index contributed by atoms with van der Waals surface area (Å²) < 4.78 is 5.44. The highest BCUT2D eigenvalue weighted by molar-refractivity contribution is 5.84. The number of anilines is 1. The van der Waals surface area contributed by atoms with Crippen LogP contribution in [-0.4, -0.2) is 25.1 Å². The second kappa shape index (κ2) is 9.23. The van der Waals surface area contributed by atoms with Gasteiger partial charge in [0.2, 0.25) is 5.91 Å². The lowest BCUT2D eigenvalue weighted by atomic mass is 10.2. The molecular weight excluding hydrogens is 252 g/mol. The molecule has 0 aliphatic carbocycles. The van der Waals surface area contributed by atoms with Gasteiger partial charge in [0, 0.05) is 18.3 Å². The molecule has 1 rings (SSSR count). The summed E-state index contributed by atoms with van der Waals surface area (Å²) in [6, 6.07) is 7.41. The van der Waals surface area contributed by atoms with Gasteiger partial charge in [0.05, 0.1) is 6.61 Å². The molecule has 0 heterocycles. The molecular formula is C16H26N2O2. The van der Waals surface area contributed by atoms with E-state index in [1.54, 1.807) is 0 Å². The molecule has 1 amide bonds. The third-order valence-corrected chi connectivity index (χ3v) is 3.00. The lowest BCUT2D eigenvalue weighted by Gasteiger charge is -2.16. The smallest absolute Gasteiger partial charge is 0.242 e. The van der Waals surface area contributed by atoms with E-state index >= 15 is 0 Å². The van der Waals surface area contributed by atoms with Gasteiger partial charge in [-0.3, -0.25) is 4.79 Å². The van der Waals surface area contributed by atoms with Crippen molar-refractivity contribution in [3.05, 3.63) is 24.3 Å². The Kier molecular flexibility index (Phi) is 7.55. The third kappa shape index (κ3) is 5.95. The van der Waals surface area contributed by atoms with Crippen molar-refractivity contribution < 1.29 is 9.53 Å². The first-order valence-corrected chi connectivity index (χ1v) is 7.44. The molecule has 112 valence electrons. The zero-order valence-corrected chi connectivity index (χ0v) is 12.7. The summed E-state index contributed by atoms with van der Waals surface area (Å²) in [5, 5.41) is 6.13. The van der Waals surface area contributed by atoms with Crippen LogP contribution in [0.5, 0.6) is 5.75 Å². The van der Waals surface area contributed by atoms with Crippen molar-refractivity contribution in [1.29, 1.82) is 0 Å². The van der Waals surface area contributed by atoms with Crippen molar-refractivity contribution in [2.45, 2.75) is 46.1 Å². The van der Waals surface area contributed by atoms with Crippen molar-refractivity contribution in [3.63, 3.8) is 0 Å². The van der Waals surface area contributed by atoms with Gasteiger partial charge >= 0.3 is 0 Å². The van der Waals surface area contributed by atoms with Gasteiger partial charge < -0.3 is 15.4 Å². The van der Waals surface area contributed by atoms with Crippen LogP contribution in [0.1, 0.15) is 40.0 Å². The molecule has 0 aliphatic heterocycles. The summed E-state index contributed by atoms with van der Waals surface area (Å²) in [5.74, 6) is 0.843. The lowest BCUT2D eigenvalue weighted by Crippen LogP contribution is -2.38. The molecule has 0 saturated heterocycles. The van der Waals surface area contributed by atoms with Gasteiger partial charge in [-0.25, -0.2) is 0 Å². The molecule has 0 saturated carbocycles. The second-order valence-electron chi connectivity index (χ2n) is 4.83. The zero-order chi connectivity index (χ0) is 14.8. The maximum atomic E-state index is 11.9. The van der Waals surface area contributed by atoms with E-state index in [2.05, 4.69) is 17.6 Å². The van der Waals surface area contributed by atoms with E-state index in [1.807, 2.05) is 38.1 Å². The van der Waals surface area contributed by atoms with Crippen molar-refractivity contribution in [1.82, 2.24) is 5.32 Å². The number of nitrogens with one attached hydrogen (secondary N) is 2. The van der Waals surface area contributed by atoms with Gasteiger partial charge in [-0.15, -0.1) is 0 Å². The van der Waals surface area contributed by atoms with Crippen LogP contribution >= 0.6 is 0 Å². The van der Waals surface area contributed by atoms with Crippen LogP contribution in [0, 0.1) is 0 Å². The molecule has 0 bridgehead atoms. The van der Waals surface area contributed by atoms with Gasteiger partial charge in [-0.1, -0.05) is 25.8 Å². The number of rotatable bonds is 9. The van der Waals surface area contributed by atoms with Crippen molar-refractivity contribution >= 4 is 11.6 Å². The number of ether oxygens (including phenoxy) is 1. The second-order valence-corrected chi connectivity index (χ2v) is 4.83. The summed E-state index contributed by atoms with van der Waals surface area (Å²) in [5.41, 5.74) is 0.896. The van der Waals surface area contributed by atoms with Gasteiger partial charge in [-0.05, 0) is 32.4 Å². The van der Waals surface area contributed by atoms with E-state index in [4.69, 9.17) is 4.74 Å². The fourth-order valence-electron chi connectivity index (χ4n) is 1.90. The van der Waals surface area contributed by atoms with Crippen LogP contribution in [0.15, 0.2) is 24.3 Å². The molecule has 0 spiro atoms. The van der Waals surface area contributed by atoms with Gasteiger partial charge in [0.1, 0.15) is 11.8 Å². The Morgan fingerprint density at radius 1 is 1.30 bits per heavy atom. The van der Waals surface area contributed by atoms with Crippen LogP contribution in [-0.2, 0) is 4.79 Å². The molecule has 4 nitrogen and oxygen atoms in total. The maximum Gasteiger partial charge on any atom is 0.242 e. The predicted molar refractivity (Wildman–Crippen MR) is 83.2 cm³/mol. The molecule has 0 radical (unpaired) electrons. The first kappa shape index (κ1) is 16.3. The van der Waals surface area contributed by atoms with E-state index in [0.717, 1.165) is 37.2 Å². The molecule has 4 heteroatoms. The molecule has 0 aromatic heterocycles. The highest BCUT2D eigenvalue weighted by Gasteiger charge is 2.11. The molecule has 1 aromatic carbocycles. The van der Waals surface area contributed by atoms with E-state index in [0.29, 0.717) is 6.61 Å². The minimum Gasteiger partial charge on any atom is -0.494 e. The SMILES string of the molecule is CCCCCNC(=O)C(C)Nc1cccc(OCC)c1. The third-order valence-electron chi connectivity index (χ3n) is 3.00. The van der Waals surface area contributed by atoms with Crippen LogP contribution in [0.2, 0.25) is 0 Å². The summed E-state index contributed by atoms with van der Waals surface area (Å²) >= 11 is 0. The van der Waals surface area contributed by atoms with Crippen LogP contribution < -0.4 is 15.4 Å². The lowest BCUT2D eigenvalue weighted by molar-refractivity contribution is -0.121. The highest BCUT2D eigenvalue weighted by atomic mass is 16.5. The Balaban J connectivity index is 2.42. The minimum absolute atomic E-state index is 0.0305. The molecule has 0 aliphatic rings. The van der Waals surface area contributed by atoms with Crippen LogP contribution in [0.3, 0.4) is 0 Å². The van der Waals surface area contributed by atoms with Crippen molar-refractivity contribution in [2.24, 2.45) is 0 Å². The summed E-state index contributed by atoms with van der Waals surface area (Å²) in [6.45, 7) is 7.35. The standard InChI is InChI=1S/C16H26N2O2/c1-4-6-7-11-17-16(19)13(3)18-14-9-8-10-15(12-14)20-5-2/h8-10,12-13,18H,4-7,11H2,1-3H3,(H,17,19). The minimum atomic E-state index is -0.256. The Bertz CT molecular complexity index is 407. The number of unbranched alkanes of at least 4 members (excludes halogenated alkanes) is 2. The number of carbonyl (C=O) groups excluding carboxylic acids is 1. The molecule has 1 unspecified atom stereocenters. The molecule has 20 heavy (non-hydrogen) atoms. The highest BCUT2D eigenvalue weighted by Crippen LogP contribution is 2.17. The van der Waals surface area contributed by atoms with E-state index in [-0.39, 0.29) is 11.9 Å². The van der Waals surface area contributed by atoms with Crippen molar-refractivity contribution in [3.8, 4) is 5.75 Å². The average molecular weight is 278 g/mol. The Labute approximate surface area is 121 Å². The van der Waals surface area contributed by atoms with E-state index < -0.39 is 0 Å². The van der Waals surface area contributed by atoms with Gasteiger partial charge in [0.25, 0.3) is 0 Å². The number of benzene rings is 1. The number of carbonyl (C=O) groups is 1. The van der Waals surface area contributed by atoms with Gasteiger partial charge in [-0.2, -0.15) is 0 Å². The van der Waals surface area contributed by atoms with Crippen molar-refractivity contribution in [2.75, 3.05) is 18.5 Å². The van der Waals surface area contributed by atoms with Crippen LogP contribution in [0.25, 0.3) is 0 Å². The number of amides is 1. The fraction of sp³-hybridized carbons (Fsp3) is 0.562. The number of hydrogen-bond donors (Lipinski definition) is 2. The van der Waals surface area contributed by atoms with E-state index in [1.165, 1.54) is 0 Å². The Hall–Kier alpha value is -1.71. The zero-order valence-electron chi connectivity index (χ0n) is 12.7. The maximum absolute atomic E-state index is 11.9. The first-order chi connectivity index (χ1) is 9.67. The largest absolute Gasteiger partial charge is 0.494 e. The normalized spacial score (nSPS) is 11.8. The Morgan fingerprint density at radius 3 is 2.80 bits per heavy atom. The fourth-order valence-corrected chi connectivity index (χ4v) is 1.90. The predicted octanol–water partition coefficient (Wildman–Crippen LogP) is 3.19. The monoisotopic (exact) mass is 278 g/mol. The molecule has 1 aromatic rings. The molecule has 2 N–H and O–H groups in total. The number of hydrogen-bond acceptors (Lipinski definition) is 3. The van der Waals surface area contributed by atoms with Gasteiger partial charge in [0.15, 0.2) is 0 Å². The molecule has 1 atom stereocenters. The van der Waals surface area contributed by atoms with E-state index in [9.17, 15) is 4.79 Å².